The molecule has 30 heavy (non-hydrogen) atoms. The van der Waals surface area contributed by atoms with Gasteiger partial charge in [0.2, 0.25) is 5.91 Å². The van der Waals surface area contributed by atoms with Crippen molar-refractivity contribution in [3.05, 3.63) is 44.6 Å². The van der Waals surface area contributed by atoms with E-state index in [1.165, 1.54) is 12.3 Å². The summed E-state index contributed by atoms with van der Waals surface area (Å²) in [4.78, 5) is 38.6. The van der Waals surface area contributed by atoms with Crippen molar-refractivity contribution in [2.24, 2.45) is 5.73 Å². The molecule has 1 fully saturated rings. The predicted molar refractivity (Wildman–Crippen MR) is 103 cm³/mol. The Bertz CT molecular complexity index is 1190. The number of rotatable bonds is 7. The lowest BCUT2D eigenvalue weighted by atomic mass is 10.0. The Morgan fingerprint density at radius 3 is 2.73 bits per heavy atom. The number of nitrogens with one attached hydrogen (secondary N) is 1. The maximum Gasteiger partial charge on any atom is 0.389 e. The summed E-state index contributed by atoms with van der Waals surface area (Å²) >= 11 is 0.834. The third-order valence-electron chi connectivity index (χ3n) is 4.56. The molecule has 156 valence electrons. The number of thiophene rings is 1. The monoisotopic (exact) mass is 436 g/mol. The van der Waals surface area contributed by atoms with Crippen LogP contribution in [0.2, 0.25) is 0 Å². The molecule has 10 nitrogen and oxygen atoms in total. The van der Waals surface area contributed by atoms with Gasteiger partial charge in [-0.15, -0.1) is 11.3 Å². The largest absolute Gasteiger partial charge is 0.389 e. The minimum atomic E-state index is -2.78. The lowest BCUT2D eigenvalue weighted by molar-refractivity contribution is -0.389. The molecule has 0 aliphatic heterocycles. The molecule has 0 saturated heterocycles. The molecule has 1 saturated carbocycles. The number of aromatic nitrogens is 3. The zero-order valence-electron chi connectivity index (χ0n) is 15.2. The highest BCUT2D eigenvalue weighted by Crippen LogP contribution is 2.48. The minimum absolute atomic E-state index is 0.00869. The van der Waals surface area contributed by atoms with Crippen molar-refractivity contribution < 1.29 is 23.3 Å². The Hall–Kier alpha value is -3.48. The van der Waals surface area contributed by atoms with Gasteiger partial charge in [-0.3, -0.25) is 9.59 Å². The van der Waals surface area contributed by atoms with Gasteiger partial charge in [0, 0.05) is 5.39 Å². The maximum absolute atomic E-state index is 13.3. The molecule has 3 aromatic rings. The highest BCUT2D eigenvalue weighted by molar-refractivity contribution is 7.21. The number of carbonyl (C=O) groups is 2. The molecule has 3 aromatic heterocycles. The Balaban J connectivity index is 1.73. The zero-order chi connectivity index (χ0) is 21.6. The standard InChI is InChI=1S/C17H14F2N6O4S/c18-15(19)9-5-8(7-1-2-7)12-13(14(16(20)27)30-17(12)21-9)22-11(26)6-24-4-3-10(23-24)25(28)29/h3-5,7,15H,1-2,6H2,(H2,20,27)(H,22,26). The molecule has 0 aromatic carbocycles. The van der Waals surface area contributed by atoms with Crippen molar-refractivity contribution in [1.29, 1.82) is 0 Å². The van der Waals surface area contributed by atoms with E-state index in [1.807, 2.05) is 0 Å². The molecule has 0 spiro atoms. The third-order valence-corrected chi connectivity index (χ3v) is 5.66. The van der Waals surface area contributed by atoms with Gasteiger partial charge in [0.15, 0.2) is 0 Å². The number of fused-ring (bicyclic) bond motifs is 1. The van der Waals surface area contributed by atoms with Crippen LogP contribution in [0.3, 0.4) is 0 Å². The van der Waals surface area contributed by atoms with Gasteiger partial charge in [-0.05, 0) is 35.3 Å². The van der Waals surface area contributed by atoms with Crippen LogP contribution in [0, 0.1) is 10.1 Å². The molecular weight excluding hydrogens is 422 g/mol. The van der Waals surface area contributed by atoms with Gasteiger partial charge in [0.05, 0.1) is 23.0 Å². The van der Waals surface area contributed by atoms with Crippen molar-refractivity contribution >= 4 is 44.9 Å². The molecule has 3 heterocycles. The van der Waals surface area contributed by atoms with Crippen molar-refractivity contribution in [1.82, 2.24) is 14.8 Å². The highest BCUT2D eigenvalue weighted by atomic mass is 32.1. The first-order chi connectivity index (χ1) is 14.2. The molecular formula is C17H14F2N6O4S. The van der Waals surface area contributed by atoms with Crippen molar-refractivity contribution in [2.45, 2.75) is 31.7 Å². The number of anilines is 1. The van der Waals surface area contributed by atoms with E-state index < -0.39 is 34.7 Å². The second-order valence-corrected chi connectivity index (χ2v) is 7.74. The number of amides is 2. The summed E-state index contributed by atoms with van der Waals surface area (Å²) in [7, 11) is 0. The minimum Gasteiger partial charge on any atom is -0.365 e. The fourth-order valence-corrected chi connectivity index (χ4v) is 4.15. The maximum atomic E-state index is 13.3. The SMILES string of the molecule is NC(=O)c1sc2nc(C(F)F)cc(C3CC3)c2c1NC(=O)Cn1ccc([N+](=O)[O-])n1. The van der Waals surface area contributed by atoms with Crippen LogP contribution in [0.4, 0.5) is 20.3 Å². The molecule has 13 heteroatoms. The first kappa shape index (κ1) is 19.8. The molecule has 0 radical (unpaired) electrons. The summed E-state index contributed by atoms with van der Waals surface area (Å²) < 4.78 is 27.6. The van der Waals surface area contributed by atoms with Crippen LogP contribution in [-0.4, -0.2) is 31.5 Å². The van der Waals surface area contributed by atoms with Gasteiger partial charge in [0.25, 0.3) is 12.3 Å². The average molecular weight is 436 g/mol. The third kappa shape index (κ3) is 3.70. The highest BCUT2D eigenvalue weighted by Gasteiger charge is 2.31. The lowest BCUT2D eigenvalue weighted by Gasteiger charge is -2.09. The van der Waals surface area contributed by atoms with Crippen molar-refractivity contribution in [3.8, 4) is 0 Å². The normalized spacial score (nSPS) is 13.7. The van der Waals surface area contributed by atoms with Gasteiger partial charge in [-0.25, -0.2) is 13.8 Å². The van der Waals surface area contributed by atoms with E-state index in [0.717, 1.165) is 34.9 Å². The topological polar surface area (TPSA) is 146 Å². The number of nitro groups is 1. The fraction of sp³-hybridized carbons (Fsp3) is 0.294. The Kier molecular flexibility index (Phi) is 4.89. The molecule has 0 unspecified atom stereocenters. The Morgan fingerprint density at radius 1 is 1.43 bits per heavy atom. The number of hydrogen-bond acceptors (Lipinski definition) is 7. The smallest absolute Gasteiger partial charge is 0.365 e. The second-order valence-electron chi connectivity index (χ2n) is 6.74. The summed E-state index contributed by atoms with van der Waals surface area (Å²) in [5.74, 6) is -1.83. The second kappa shape index (κ2) is 7.40. The quantitative estimate of drug-likeness (QED) is 0.430. The van der Waals surface area contributed by atoms with Crippen molar-refractivity contribution in [3.63, 3.8) is 0 Å². The number of primary amides is 1. The van der Waals surface area contributed by atoms with Crippen LogP contribution < -0.4 is 11.1 Å². The van der Waals surface area contributed by atoms with E-state index in [0.29, 0.717) is 10.9 Å². The number of halogens is 2. The molecule has 1 aliphatic carbocycles. The molecule has 3 N–H and O–H groups in total. The summed E-state index contributed by atoms with van der Waals surface area (Å²) in [5, 5.41) is 17.4. The predicted octanol–water partition coefficient (Wildman–Crippen LogP) is 2.95. The first-order valence-electron chi connectivity index (χ1n) is 8.77. The van der Waals surface area contributed by atoms with E-state index in [-0.39, 0.29) is 27.9 Å². The average Bonchev–Trinajstić information content (AvgIpc) is 3.31. The van der Waals surface area contributed by atoms with Crippen LogP contribution in [-0.2, 0) is 11.3 Å². The fourth-order valence-electron chi connectivity index (χ4n) is 3.13. The van der Waals surface area contributed by atoms with Gasteiger partial charge in [-0.2, -0.15) is 4.68 Å². The summed E-state index contributed by atoms with van der Waals surface area (Å²) in [6.07, 6.45) is 0.0893. The van der Waals surface area contributed by atoms with Gasteiger partial charge in [-0.1, -0.05) is 0 Å². The van der Waals surface area contributed by atoms with Crippen LogP contribution >= 0.6 is 11.3 Å². The molecule has 1 aliphatic rings. The number of nitrogens with two attached hydrogens (primary N) is 1. The zero-order valence-corrected chi connectivity index (χ0v) is 16.0. The number of hydrogen-bond donors (Lipinski definition) is 2. The van der Waals surface area contributed by atoms with E-state index in [2.05, 4.69) is 15.4 Å². The van der Waals surface area contributed by atoms with Gasteiger partial charge >= 0.3 is 5.82 Å². The molecule has 4 rings (SSSR count). The molecule has 2 amide bonds. The number of pyridine rings is 1. The number of alkyl halides is 2. The van der Waals surface area contributed by atoms with Gasteiger partial charge in [0.1, 0.15) is 21.9 Å². The summed E-state index contributed by atoms with van der Waals surface area (Å²) in [5.41, 5.74) is 5.74. The summed E-state index contributed by atoms with van der Waals surface area (Å²) in [6, 6.07) is 2.44. The Labute approximate surface area is 170 Å². The van der Waals surface area contributed by atoms with E-state index >= 15 is 0 Å². The lowest BCUT2D eigenvalue weighted by Crippen LogP contribution is -2.21. The van der Waals surface area contributed by atoms with E-state index in [4.69, 9.17) is 5.73 Å². The first-order valence-corrected chi connectivity index (χ1v) is 9.59. The van der Waals surface area contributed by atoms with Crippen LogP contribution in [0.5, 0.6) is 0 Å². The van der Waals surface area contributed by atoms with Crippen LogP contribution in [0.25, 0.3) is 10.2 Å². The number of nitrogens with zero attached hydrogens (tertiary/aromatic N) is 4. The van der Waals surface area contributed by atoms with Gasteiger partial charge < -0.3 is 21.2 Å². The van der Waals surface area contributed by atoms with Crippen LogP contribution in [0.15, 0.2) is 18.3 Å². The van der Waals surface area contributed by atoms with Crippen molar-refractivity contribution in [2.75, 3.05) is 5.32 Å². The van der Waals surface area contributed by atoms with Crippen LogP contribution in [0.1, 0.15) is 46.1 Å². The molecule has 0 atom stereocenters. The number of carbonyl (C=O) groups excluding carboxylic acids is 2. The van der Waals surface area contributed by atoms with E-state index in [9.17, 15) is 28.5 Å². The molecule has 0 bridgehead atoms. The Morgan fingerprint density at radius 2 is 2.17 bits per heavy atom. The van der Waals surface area contributed by atoms with E-state index in [1.54, 1.807) is 0 Å². The summed E-state index contributed by atoms with van der Waals surface area (Å²) in [6.45, 7) is -0.356.